The van der Waals surface area contributed by atoms with Crippen LogP contribution in [0.2, 0.25) is 0 Å². The number of carbonyl (C=O) groups excluding carboxylic acids is 2. The van der Waals surface area contributed by atoms with Gasteiger partial charge in [-0.25, -0.2) is 9.59 Å². The first-order chi connectivity index (χ1) is 16.9. The normalized spacial score (nSPS) is 22.3. The molecule has 0 aromatic heterocycles. The molecule has 2 aromatic carbocycles. The number of benzene rings is 2. The summed E-state index contributed by atoms with van der Waals surface area (Å²) in [4.78, 5) is 40.0. The van der Waals surface area contributed by atoms with Crippen molar-refractivity contribution in [1.29, 1.82) is 0 Å². The summed E-state index contributed by atoms with van der Waals surface area (Å²) in [6.45, 7) is 0.356. The molecule has 184 valence electrons. The highest BCUT2D eigenvalue weighted by atomic mass is 16.5. The topological polar surface area (TPSA) is 105 Å². The average Bonchev–Trinajstić information content (AvgIpc) is 3.61. The number of aliphatic carboxylic acids is 1. The molecule has 1 unspecified atom stereocenters. The fourth-order valence-corrected chi connectivity index (χ4v) is 5.85. The summed E-state index contributed by atoms with van der Waals surface area (Å²) in [5.41, 5.74) is 1.89. The highest BCUT2D eigenvalue weighted by Gasteiger charge is 2.54. The van der Waals surface area contributed by atoms with Gasteiger partial charge in [0.1, 0.15) is 12.1 Å². The molecule has 1 aliphatic heterocycles. The maximum absolute atomic E-state index is 13.6. The van der Waals surface area contributed by atoms with Crippen LogP contribution in [0.5, 0.6) is 0 Å². The van der Waals surface area contributed by atoms with E-state index in [0.717, 1.165) is 35.1 Å². The molecule has 2 N–H and O–H groups in total. The molecule has 8 nitrogen and oxygen atoms in total. The molecule has 3 aliphatic rings. The van der Waals surface area contributed by atoms with E-state index in [2.05, 4.69) is 17.4 Å². The number of alkyl carbamates (subject to hydrolysis) is 1. The zero-order chi connectivity index (χ0) is 24.6. The van der Waals surface area contributed by atoms with Crippen LogP contribution in [0.25, 0.3) is 11.1 Å². The first-order valence-corrected chi connectivity index (χ1v) is 12.1. The predicted molar refractivity (Wildman–Crippen MR) is 128 cm³/mol. The van der Waals surface area contributed by atoms with Gasteiger partial charge < -0.3 is 24.8 Å². The van der Waals surface area contributed by atoms with Crippen molar-refractivity contribution in [1.82, 2.24) is 10.2 Å². The van der Waals surface area contributed by atoms with Gasteiger partial charge in [-0.3, -0.25) is 4.79 Å². The van der Waals surface area contributed by atoms with Crippen LogP contribution in [-0.2, 0) is 19.1 Å². The molecule has 1 saturated carbocycles. The Hall–Kier alpha value is -3.39. The summed E-state index contributed by atoms with van der Waals surface area (Å²) < 4.78 is 11.0. The Morgan fingerprint density at radius 1 is 1.03 bits per heavy atom. The maximum atomic E-state index is 13.6. The number of carboxylic acids is 1. The number of hydrogen-bond donors (Lipinski definition) is 2. The molecule has 1 atom stereocenters. The number of likely N-dealkylation sites (N-methyl/N-ethyl adjacent to an activating group) is 1. The van der Waals surface area contributed by atoms with Crippen molar-refractivity contribution < 1.29 is 29.0 Å². The van der Waals surface area contributed by atoms with E-state index in [1.54, 1.807) is 0 Å². The van der Waals surface area contributed by atoms with Crippen LogP contribution in [0.3, 0.4) is 0 Å². The van der Waals surface area contributed by atoms with Crippen molar-refractivity contribution in [2.75, 3.05) is 26.9 Å². The largest absolute Gasteiger partial charge is 0.479 e. The molecule has 2 aromatic rings. The number of nitrogens with zero attached hydrogens (tertiary/aromatic N) is 1. The van der Waals surface area contributed by atoms with Gasteiger partial charge in [0.25, 0.3) is 0 Å². The third-order valence-electron chi connectivity index (χ3n) is 7.90. The van der Waals surface area contributed by atoms with Crippen LogP contribution in [0.15, 0.2) is 48.5 Å². The molecule has 1 heterocycles. The summed E-state index contributed by atoms with van der Waals surface area (Å²) >= 11 is 0. The van der Waals surface area contributed by atoms with Crippen LogP contribution >= 0.6 is 0 Å². The summed E-state index contributed by atoms with van der Waals surface area (Å²) in [5, 5.41) is 12.7. The quantitative estimate of drug-likeness (QED) is 0.658. The second-order valence-electron chi connectivity index (χ2n) is 9.74. The minimum absolute atomic E-state index is 0.0639. The Kier molecular flexibility index (Phi) is 6.01. The first-order valence-electron chi connectivity index (χ1n) is 12.1. The number of fused-ring (bicyclic) bond motifs is 3. The van der Waals surface area contributed by atoms with Crippen LogP contribution in [0, 0.1) is 0 Å². The van der Waals surface area contributed by atoms with Gasteiger partial charge in [0, 0.05) is 26.0 Å². The van der Waals surface area contributed by atoms with Gasteiger partial charge in [-0.2, -0.15) is 0 Å². The lowest BCUT2D eigenvalue weighted by Gasteiger charge is -2.40. The molecular weight excluding hydrogens is 448 g/mol. The monoisotopic (exact) mass is 478 g/mol. The Morgan fingerprint density at radius 3 is 2.17 bits per heavy atom. The number of rotatable bonds is 6. The van der Waals surface area contributed by atoms with Crippen LogP contribution in [0.1, 0.15) is 49.1 Å². The van der Waals surface area contributed by atoms with E-state index in [1.807, 2.05) is 36.4 Å². The van der Waals surface area contributed by atoms with E-state index >= 15 is 0 Å². The Labute approximate surface area is 204 Å². The molecule has 8 heteroatoms. The summed E-state index contributed by atoms with van der Waals surface area (Å²) in [7, 11) is 1.49. The van der Waals surface area contributed by atoms with Crippen molar-refractivity contribution in [2.24, 2.45) is 0 Å². The lowest BCUT2D eigenvalue weighted by molar-refractivity contribution is -0.160. The molecule has 35 heavy (non-hydrogen) atoms. The molecular formula is C27H30N2O6. The minimum Gasteiger partial charge on any atom is -0.479 e. The van der Waals surface area contributed by atoms with E-state index in [4.69, 9.17) is 9.47 Å². The number of hydrogen-bond acceptors (Lipinski definition) is 5. The smallest absolute Gasteiger partial charge is 0.408 e. The van der Waals surface area contributed by atoms with Crippen molar-refractivity contribution in [3.05, 3.63) is 59.7 Å². The Bertz CT molecular complexity index is 1100. The molecule has 5 rings (SSSR count). The first kappa shape index (κ1) is 23.4. The molecule has 2 amide bonds. The number of nitrogens with one attached hydrogen (secondary N) is 1. The molecule has 1 saturated heterocycles. The van der Waals surface area contributed by atoms with Crippen LogP contribution < -0.4 is 5.32 Å². The number of ether oxygens (including phenoxy) is 2. The van der Waals surface area contributed by atoms with Gasteiger partial charge in [-0.1, -0.05) is 61.4 Å². The second-order valence-corrected chi connectivity index (χ2v) is 9.74. The van der Waals surface area contributed by atoms with E-state index in [0.29, 0.717) is 12.8 Å². The zero-order valence-corrected chi connectivity index (χ0v) is 19.8. The Morgan fingerprint density at radius 2 is 1.63 bits per heavy atom. The van der Waals surface area contributed by atoms with E-state index in [9.17, 15) is 19.5 Å². The van der Waals surface area contributed by atoms with Gasteiger partial charge in [-0.15, -0.1) is 0 Å². The van der Waals surface area contributed by atoms with Crippen molar-refractivity contribution in [3.8, 4) is 11.1 Å². The fourth-order valence-electron chi connectivity index (χ4n) is 5.85. The summed E-state index contributed by atoms with van der Waals surface area (Å²) in [6, 6.07) is 16.2. The molecule has 2 aliphatic carbocycles. The highest BCUT2D eigenvalue weighted by Crippen LogP contribution is 2.44. The van der Waals surface area contributed by atoms with Gasteiger partial charge in [0.2, 0.25) is 5.91 Å². The zero-order valence-electron chi connectivity index (χ0n) is 19.8. The molecule has 0 radical (unpaired) electrons. The lowest BCUT2D eigenvalue weighted by atomic mass is 9.90. The minimum atomic E-state index is -1.42. The summed E-state index contributed by atoms with van der Waals surface area (Å²) in [5.74, 6) is -1.59. The fraction of sp³-hybridized carbons (Fsp3) is 0.444. The van der Waals surface area contributed by atoms with Crippen molar-refractivity contribution in [3.63, 3.8) is 0 Å². The third kappa shape index (κ3) is 3.86. The molecule has 0 bridgehead atoms. The van der Waals surface area contributed by atoms with Crippen molar-refractivity contribution >= 4 is 18.0 Å². The maximum Gasteiger partial charge on any atom is 0.408 e. The number of carboxylic acid groups (broad SMARTS) is 1. The average molecular weight is 479 g/mol. The molecule has 2 fully saturated rings. The third-order valence-corrected chi connectivity index (χ3v) is 7.90. The lowest BCUT2D eigenvalue weighted by Crippen LogP contribution is -2.65. The molecule has 0 spiro atoms. The van der Waals surface area contributed by atoms with Gasteiger partial charge in [0.15, 0.2) is 5.54 Å². The number of carbonyl (C=O) groups is 3. The Balaban J connectivity index is 1.31. The second kappa shape index (κ2) is 9.00. The van der Waals surface area contributed by atoms with Gasteiger partial charge in [0.05, 0.1) is 6.61 Å². The van der Waals surface area contributed by atoms with Crippen LogP contribution in [0.4, 0.5) is 4.79 Å². The predicted octanol–water partition coefficient (Wildman–Crippen LogP) is 3.54. The van der Waals surface area contributed by atoms with E-state index in [-0.39, 0.29) is 32.2 Å². The summed E-state index contributed by atoms with van der Waals surface area (Å²) in [6.07, 6.45) is 1.96. The highest BCUT2D eigenvalue weighted by molar-refractivity contribution is 5.94. The van der Waals surface area contributed by atoms with Gasteiger partial charge >= 0.3 is 12.1 Å². The SMILES string of the molecule is CN(C(=O)C1(NC(=O)OCC2c3ccccc3-c3ccccc32)CCCC1)C1(C(=O)O)CCOC1. The number of amides is 2. The van der Waals surface area contributed by atoms with E-state index in [1.165, 1.54) is 11.9 Å². The van der Waals surface area contributed by atoms with Gasteiger partial charge in [-0.05, 0) is 35.1 Å². The van der Waals surface area contributed by atoms with Crippen molar-refractivity contribution in [2.45, 2.75) is 49.1 Å². The standard InChI is InChI=1S/C27H30N2O6/c1-29(27(24(31)32)14-15-34-17-27)23(30)26(12-6-7-13-26)28-25(33)35-16-22-20-10-4-2-8-18(20)19-9-3-5-11-21(19)22/h2-5,8-11,22H,6-7,12-17H2,1H3,(H,28,33)(H,31,32). The van der Waals surface area contributed by atoms with E-state index < -0.39 is 29.0 Å². The van der Waals surface area contributed by atoms with Crippen LogP contribution in [-0.4, -0.2) is 65.9 Å².